The summed E-state index contributed by atoms with van der Waals surface area (Å²) in [6, 6.07) is 7.52. The molecule has 0 heterocycles. The Morgan fingerprint density at radius 3 is 2.93 bits per heavy atom. The summed E-state index contributed by atoms with van der Waals surface area (Å²) < 4.78 is 5.10. The molecule has 0 aliphatic carbocycles. The highest BCUT2D eigenvalue weighted by Crippen LogP contribution is 2.18. The molecule has 15 heavy (non-hydrogen) atoms. The SMILES string of the molecule is COc1cccc(C(C)NC(=O)CN)c1. The van der Waals surface area contributed by atoms with Crippen molar-refractivity contribution in [2.45, 2.75) is 13.0 Å². The minimum Gasteiger partial charge on any atom is -0.497 e. The number of nitrogens with one attached hydrogen (secondary N) is 1. The van der Waals surface area contributed by atoms with E-state index in [0.29, 0.717) is 0 Å². The lowest BCUT2D eigenvalue weighted by molar-refractivity contribution is -0.120. The van der Waals surface area contributed by atoms with Crippen LogP contribution in [0.2, 0.25) is 0 Å². The molecule has 3 N–H and O–H groups in total. The predicted molar refractivity (Wildman–Crippen MR) is 58.6 cm³/mol. The Morgan fingerprint density at radius 1 is 1.60 bits per heavy atom. The molecule has 0 radical (unpaired) electrons. The zero-order valence-electron chi connectivity index (χ0n) is 8.99. The van der Waals surface area contributed by atoms with Crippen molar-refractivity contribution in [3.05, 3.63) is 29.8 Å². The van der Waals surface area contributed by atoms with Crippen molar-refractivity contribution in [3.63, 3.8) is 0 Å². The van der Waals surface area contributed by atoms with Gasteiger partial charge in [-0.1, -0.05) is 12.1 Å². The first-order chi connectivity index (χ1) is 7.17. The molecule has 0 aliphatic rings. The summed E-state index contributed by atoms with van der Waals surface area (Å²) >= 11 is 0. The number of hydrogen-bond donors (Lipinski definition) is 2. The number of benzene rings is 1. The molecule has 0 saturated carbocycles. The van der Waals surface area contributed by atoms with Gasteiger partial charge in [-0.3, -0.25) is 4.79 Å². The van der Waals surface area contributed by atoms with Crippen LogP contribution >= 0.6 is 0 Å². The van der Waals surface area contributed by atoms with Gasteiger partial charge in [0.1, 0.15) is 5.75 Å². The Bertz CT molecular complexity index is 339. The van der Waals surface area contributed by atoms with E-state index in [0.717, 1.165) is 11.3 Å². The minimum atomic E-state index is -0.162. The maximum atomic E-state index is 11.1. The fraction of sp³-hybridized carbons (Fsp3) is 0.364. The molecule has 0 bridgehead atoms. The number of rotatable bonds is 4. The van der Waals surface area contributed by atoms with Crippen molar-refractivity contribution >= 4 is 5.91 Å². The van der Waals surface area contributed by atoms with Crippen molar-refractivity contribution in [1.82, 2.24) is 5.32 Å². The van der Waals surface area contributed by atoms with Crippen LogP contribution in [0.1, 0.15) is 18.5 Å². The summed E-state index contributed by atoms with van der Waals surface area (Å²) in [5.74, 6) is 0.617. The van der Waals surface area contributed by atoms with E-state index >= 15 is 0 Å². The molecule has 0 aromatic heterocycles. The maximum absolute atomic E-state index is 11.1. The third-order valence-corrected chi connectivity index (χ3v) is 2.16. The molecular formula is C11H16N2O2. The Kier molecular flexibility index (Phi) is 4.12. The van der Waals surface area contributed by atoms with Gasteiger partial charge in [0, 0.05) is 0 Å². The highest BCUT2D eigenvalue weighted by molar-refractivity contribution is 5.78. The monoisotopic (exact) mass is 208 g/mol. The molecule has 1 rings (SSSR count). The van der Waals surface area contributed by atoms with E-state index in [1.165, 1.54) is 0 Å². The molecule has 4 nitrogen and oxygen atoms in total. The van der Waals surface area contributed by atoms with Crippen molar-refractivity contribution < 1.29 is 9.53 Å². The van der Waals surface area contributed by atoms with Crippen LogP contribution in [0, 0.1) is 0 Å². The summed E-state index contributed by atoms with van der Waals surface area (Å²) in [6.07, 6.45) is 0. The molecule has 82 valence electrons. The molecular weight excluding hydrogens is 192 g/mol. The number of hydrogen-bond acceptors (Lipinski definition) is 3. The summed E-state index contributed by atoms with van der Waals surface area (Å²) in [4.78, 5) is 11.1. The highest BCUT2D eigenvalue weighted by Gasteiger charge is 2.08. The lowest BCUT2D eigenvalue weighted by Crippen LogP contribution is -2.32. The van der Waals surface area contributed by atoms with Gasteiger partial charge in [0.2, 0.25) is 5.91 Å². The molecule has 0 spiro atoms. The fourth-order valence-electron chi connectivity index (χ4n) is 1.29. The van der Waals surface area contributed by atoms with E-state index in [1.54, 1.807) is 7.11 Å². The first-order valence-electron chi connectivity index (χ1n) is 4.80. The van der Waals surface area contributed by atoms with Crippen molar-refractivity contribution in [1.29, 1.82) is 0 Å². The topological polar surface area (TPSA) is 64.3 Å². The highest BCUT2D eigenvalue weighted by atomic mass is 16.5. The van der Waals surface area contributed by atoms with Crippen LogP contribution in [0.25, 0.3) is 0 Å². The molecule has 0 aliphatic heterocycles. The lowest BCUT2D eigenvalue weighted by Gasteiger charge is -2.14. The number of methoxy groups -OCH3 is 1. The van der Waals surface area contributed by atoms with Crippen LogP contribution in [-0.2, 0) is 4.79 Å². The summed E-state index contributed by atoms with van der Waals surface area (Å²) in [6.45, 7) is 1.91. The van der Waals surface area contributed by atoms with E-state index < -0.39 is 0 Å². The summed E-state index contributed by atoms with van der Waals surface area (Å²) in [5, 5.41) is 2.78. The minimum absolute atomic E-state index is 0.00824. The first kappa shape index (κ1) is 11.5. The number of ether oxygens (including phenoxy) is 1. The maximum Gasteiger partial charge on any atom is 0.234 e. The molecule has 1 aromatic rings. The van der Waals surface area contributed by atoms with E-state index in [1.807, 2.05) is 31.2 Å². The van der Waals surface area contributed by atoms with Crippen LogP contribution in [0.5, 0.6) is 5.75 Å². The van der Waals surface area contributed by atoms with Crippen LogP contribution in [0.15, 0.2) is 24.3 Å². The number of nitrogens with two attached hydrogens (primary N) is 1. The molecule has 0 saturated heterocycles. The quantitative estimate of drug-likeness (QED) is 0.770. The zero-order chi connectivity index (χ0) is 11.3. The Balaban J connectivity index is 2.72. The van der Waals surface area contributed by atoms with Gasteiger partial charge in [0.05, 0.1) is 19.7 Å². The number of amides is 1. The zero-order valence-corrected chi connectivity index (χ0v) is 8.99. The Labute approximate surface area is 89.4 Å². The van der Waals surface area contributed by atoms with Gasteiger partial charge in [-0.25, -0.2) is 0 Å². The largest absolute Gasteiger partial charge is 0.497 e. The molecule has 1 unspecified atom stereocenters. The molecule has 1 aromatic carbocycles. The van der Waals surface area contributed by atoms with Gasteiger partial charge in [-0.15, -0.1) is 0 Å². The Morgan fingerprint density at radius 2 is 2.33 bits per heavy atom. The average Bonchev–Trinajstić information content (AvgIpc) is 2.28. The molecule has 4 heteroatoms. The molecule has 1 atom stereocenters. The van der Waals surface area contributed by atoms with E-state index in [-0.39, 0.29) is 18.5 Å². The Hall–Kier alpha value is -1.55. The second-order valence-corrected chi connectivity index (χ2v) is 3.27. The second kappa shape index (κ2) is 5.36. The predicted octanol–water partition coefficient (Wildman–Crippen LogP) is 0.831. The average molecular weight is 208 g/mol. The van der Waals surface area contributed by atoms with E-state index in [4.69, 9.17) is 10.5 Å². The van der Waals surface area contributed by atoms with Crippen molar-refractivity contribution in [2.24, 2.45) is 5.73 Å². The lowest BCUT2D eigenvalue weighted by atomic mass is 10.1. The van der Waals surface area contributed by atoms with Gasteiger partial charge < -0.3 is 15.8 Å². The summed E-state index contributed by atoms with van der Waals surface area (Å²) in [5.41, 5.74) is 6.21. The van der Waals surface area contributed by atoms with Gasteiger partial charge in [0.25, 0.3) is 0 Å². The van der Waals surface area contributed by atoms with Crippen LogP contribution in [-0.4, -0.2) is 19.6 Å². The normalized spacial score (nSPS) is 11.9. The van der Waals surface area contributed by atoms with Crippen molar-refractivity contribution in [2.75, 3.05) is 13.7 Å². The standard InChI is InChI=1S/C11H16N2O2/c1-8(13-11(14)7-12)9-4-3-5-10(6-9)15-2/h3-6,8H,7,12H2,1-2H3,(H,13,14). The second-order valence-electron chi connectivity index (χ2n) is 3.27. The molecule has 1 amide bonds. The van der Waals surface area contributed by atoms with Gasteiger partial charge in [0.15, 0.2) is 0 Å². The van der Waals surface area contributed by atoms with Crippen LogP contribution < -0.4 is 15.8 Å². The van der Waals surface area contributed by atoms with Crippen LogP contribution in [0.4, 0.5) is 0 Å². The van der Waals surface area contributed by atoms with Crippen molar-refractivity contribution in [3.8, 4) is 5.75 Å². The van der Waals surface area contributed by atoms with Gasteiger partial charge in [-0.2, -0.15) is 0 Å². The third kappa shape index (κ3) is 3.25. The molecule has 0 fully saturated rings. The van der Waals surface area contributed by atoms with Gasteiger partial charge >= 0.3 is 0 Å². The van der Waals surface area contributed by atoms with E-state index in [2.05, 4.69) is 5.32 Å². The smallest absolute Gasteiger partial charge is 0.234 e. The number of carbonyl (C=O) groups excluding carboxylic acids is 1. The summed E-state index contributed by atoms with van der Waals surface area (Å²) in [7, 11) is 1.61. The first-order valence-corrected chi connectivity index (χ1v) is 4.80. The fourth-order valence-corrected chi connectivity index (χ4v) is 1.29. The van der Waals surface area contributed by atoms with Crippen LogP contribution in [0.3, 0.4) is 0 Å². The number of carbonyl (C=O) groups is 1. The van der Waals surface area contributed by atoms with E-state index in [9.17, 15) is 4.79 Å². The third-order valence-electron chi connectivity index (χ3n) is 2.16. The van der Waals surface area contributed by atoms with Gasteiger partial charge in [-0.05, 0) is 24.6 Å².